The Balaban J connectivity index is 1.40. The maximum atomic E-state index is 13.1. The summed E-state index contributed by atoms with van der Waals surface area (Å²) in [6.45, 7) is 6.15. The third kappa shape index (κ3) is 6.10. The van der Waals surface area contributed by atoms with Gasteiger partial charge in [0, 0.05) is 32.2 Å². The van der Waals surface area contributed by atoms with Crippen molar-refractivity contribution in [2.45, 2.75) is 26.3 Å². The van der Waals surface area contributed by atoms with Gasteiger partial charge in [0.1, 0.15) is 5.82 Å². The molecule has 0 bridgehead atoms. The fourth-order valence-electron chi connectivity index (χ4n) is 4.14. The SMILES string of the molecule is CCOC(=O)C[C@H](NC(=O)N1CCN(c2ccc(=O)n(-c3ccc(C)cc3)n2)CC1)c1ccccc1. The Morgan fingerprint density at radius 3 is 2.33 bits per heavy atom. The number of amides is 2. The second kappa shape index (κ2) is 11.5. The van der Waals surface area contributed by atoms with E-state index in [1.807, 2.05) is 61.5 Å². The number of urea groups is 1. The molecule has 2 amide bonds. The molecule has 3 aromatic rings. The first-order chi connectivity index (χ1) is 17.4. The number of aromatic nitrogens is 2. The van der Waals surface area contributed by atoms with Gasteiger partial charge in [0.15, 0.2) is 0 Å². The van der Waals surface area contributed by atoms with Crippen LogP contribution in [0.4, 0.5) is 10.6 Å². The van der Waals surface area contributed by atoms with Crippen LogP contribution in [0.15, 0.2) is 71.5 Å². The molecular formula is C27H31N5O4. The third-order valence-electron chi connectivity index (χ3n) is 6.13. The Morgan fingerprint density at radius 2 is 1.67 bits per heavy atom. The van der Waals surface area contributed by atoms with Crippen LogP contribution in [0.2, 0.25) is 0 Å². The maximum Gasteiger partial charge on any atom is 0.318 e. The smallest absolute Gasteiger partial charge is 0.318 e. The molecule has 1 saturated heterocycles. The summed E-state index contributed by atoms with van der Waals surface area (Å²) in [7, 11) is 0. The van der Waals surface area contributed by atoms with Gasteiger partial charge in [0.25, 0.3) is 5.56 Å². The lowest BCUT2D eigenvalue weighted by atomic mass is 10.0. The van der Waals surface area contributed by atoms with Gasteiger partial charge in [-0.1, -0.05) is 48.0 Å². The van der Waals surface area contributed by atoms with Crippen LogP contribution in [0, 0.1) is 6.92 Å². The summed E-state index contributed by atoms with van der Waals surface area (Å²) >= 11 is 0. The average Bonchev–Trinajstić information content (AvgIpc) is 2.90. The van der Waals surface area contributed by atoms with E-state index in [-0.39, 0.29) is 24.0 Å². The van der Waals surface area contributed by atoms with Gasteiger partial charge in [-0.2, -0.15) is 4.68 Å². The number of rotatable bonds is 7. The number of carbonyl (C=O) groups excluding carboxylic acids is 2. The number of aryl methyl sites for hydroxylation is 1. The highest BCUT2D eigenvalue weighted by molar-refractivity contribution is 5.77. The van der Waals surface area contributed by atoms with E-state index < -0.39 is 6.04 Å². The number of esters is 1. The van der Waals surface area contributed by atoms with E-state index in [1.165, 1.54) is 10.7 Å². The first kappa shape index (κ1) is 25.0. The Hall–Kier alpha value is -4.14. The van der Waals surface area contributed by atoms with E-state index in [4.69, 9.17) is 4.74 Å². The molecule has 1 fully saturated rings. The van der Waals surface area contributed by atoms with Crippen molar-refractivity contribution in [1.82, 2.24) is 20.0 Å². The van der Waals surface area contributed by atoms with Crippen molar-refractivity contribution < 1.29 is 14.3 Å². The van der Waals surface area contributed by atoms with Gasteiger partial charge in [-0.25, -0.2) is 4.79 Å². The summed E-state index contributed by atoms with van der Waals surface area (Å²) in [5.41, 5.74) is 2.46. The minimum atomic E-state index is -0.476. The molecule has 1 aromatic heterocycles. The van der Waals surface area contributed by atoms with E-state index >= 15 is 0 Å². The molecule has 1 atom stereocenters. The van der Waals surface area contributed by atoms with Gasteiger partial charge in [-0.05, 0) is 37.6 Å². The van der Waals surface area contributed by atoms with E-state index in [2.05, 4.69) is 15.3 Å². The molecule has 9 nitrogen and oxygen atoms in total. The number of nitrogens with zero attached hydrogens (tertiary/aromatic N) is 4. The van der Waals surface area contributed by atoms with Gasteiger partial charge in [0.05, 0.1) is 24.8 Å². The molecule has 0 radical (unpaired) electrons. The fraction of sp³-hybridized carbons (Fsp3) is 0.333. The van der Waals surface area contributed by atoms with Crippen LogP contribution in [0.5, 0.6) is 0 Å². The van der Waals surface area contributed by atoms with Crippen molar-refractivity contribution in [1.29, 1.82) is 0 Å². The molecule has 1 N–H and O–H groups in total. The first-order valence-electron chi connectivity index (χ1n) is 12.1. The molecule has 2 aromatic carbocycles. The van der Waals surface area contributed by atoms with E-state index in [9.17, 15) is 14.4 Å². The van der Waals surface area contributed by atoms with Crippen molar-refractivity contribution in [3.8, 4) is 5.69 Å². The number of piperazine rings is 1. The molecule has 2 heterocycles. The van der Waals surface area contributed by atoms with E-state index in [0.29, 0.717) is 44.3 Å². The quantitative estimate of drug-likeness (QED) is 0.513. The minimum Gasteiger partial charge on any atom is -0.466 e. The highest BCUT2D eigenvalue weighted by Gasteiger charge is 2.26. The van der Waals surface area contributed by atoms with Crippen molar-refractivity contribution in [2.24, 2.45) is 0 Å². The molecule has 1 aliphatic rings. The van der Waals surface area contributed by atoms with Crippen LogP contribution in [-0.2, 0) is 9.53 Å². The topological polar surface area (TPSA) is 96.8 Å². The number of benzene rings is 2. The largest absolute Gasteiger partial charge is 0.466 e. The van der Waals surface area contributed by atoms with Crippen LogP contribution >= 0.6 is 0 Å². The van der Waals surface area contributed by atoms with Gasteiger partial charge < -0.3 is 19.9 Å². The fourth-order valence-corrected chi connectivity index (χ4v) is 4.14. The molecule has 0 saturated carbocycles. The molecule has 4 rings (SSSR count). The molecule has 1 aliphatic heterocycles. The average molecular weight is 490 g/mol. The van der Waals surface area contributed by atoms with Crippen LogP contribution < -0.4 is 15.8 Å². The second-order valence-corrected chi connectivity index (χ2v) is 8.67. The lowest BCUT2D eigenvalue weighted by molar-refractivity contribution is -0.143. The summed E-state index contributed by atoms with van der Waals surface area (Å²) in [4.78, 5) is 41.4. The Labute approximate surface area is 210 Å². The number of nitrogens with one attached hydrogen (secondary N) is 1. The zero-order valence-electron chi connectivity index (χ0n) is 20.6. The van der Waals surface area contributed by atoms with Gasteiger partial charge in [-0.3, -0.25) is 9.59 Å². The standard InChI is InChI=1S/C27H31N5O4/c1-3-36-26(34)19-23(21-7-5-4-6-8-21)28-27(35)31-17-15-30(16-18-31)24-13-14-25(33)32(29-24)22-11-9-20(2)10-12-22/h4-14,23H,3,15-19H2,1-2H3,(H,28,35)/t23-/m0/s1. The van der Waals surface area contributed by atoms with Gasteiger partial charge >= 0.3 is 12.0 Å². The van der Waals surface area contributed by atoms with E-state index in [0.717, 1.165) is 11.1 Å². The van der Waals surface area contributed by atoms with Crippen LogP contribution in [0.3, 0.4) is 0 Å². The van der Waals surface area contributed by atoms with Crippen molar-refractivity contribution in [2.75, 3.05) is 37.7 Å². The molecule has 36 heavy (non-hydrogen) atoms. The molecule has 0 spiro atoms. The monoisotopic (exact) mass is 489 g/mol. The van der Waals surface area contributed by atoms with Crippen molar-refractivity contribution >= 4 is 17.8 Å². The number of carbonyl (C=O) groups is 2. The number of anilines is 1. The first-order valence-corrected chi connectivity index (χ1v) is 12.1. The normalized spacial score (nSPS) is 14.3. The summed E-state index contributed by atoms with van der Waals surface area (Å²) in [6, 6.07) is 19.6. The zero-order chi connectivity index (χ0) is 25.5. The van der Waals surface area contributed by atoms with E-state index in [1.54, 1.807) is 17.9 Å². The Kier molecular flexibility index (Phi) is 7.99. The van der Waals surface area contributed by atoms with Crippen LogP contribution in [0.25, 0.3) is 5.69 Å². The van der Waals surface area contributed by atoms with Gasteiger partial charge in [-0.15, -0.1) is 5.10 Å². The lowest BCUT2D eigenvalue weighted by Crippen LogP contribution is -2.52. The molecule has 9 heteroatoms. The maximum absolute atomic E-state index is 13.1. The minimum absolute atomic E-state index is 0.0635. The molecule has 188 valence electrons. The highest BCUT2D eigenvalue weighted by atomic mass is 16.5. The molecule has 0 unspecified atom stereocenters. The number of ether oxygens (including phenoxy) is 1. The summed E-state index contributed by atoms with van der Waals surface area (Å²) in [5.74, 6) is 0.325. The Bertz CT molecular complexity index is 1240. The molecular weight excluding hydrogens is 458 g/mol. The Morgan fingerprint density at radius 1 is 0.972 bits per heavy atom. The third-order valence-corrected chi connectivity index (χ3v) is 6.13. The van der Waals surface area contributed by atoms with Crippen molar-refractivity contribution in [3.05, 3.63) is 88.2 Å². The predicted octanol–water partition coefficient (Wildman–Crippen LogP) is 3.07. The zero-order valence-corrected chi connectivity index (χ0v) is 20.6. The summed E-state index contributed by atoms with van der Waals surface area (Å²) in [6.07, 6.45) is 0.0635. The van der Waals surface area contributed by atoms with Crippen molar-refractivity contribution in [3.63, 3.8) is 0 Å². The molecule has 0 aliphatic carbocycles. The predicted molar refractivity (Wildman–Crippen MR) is 137 cm³/mol. The summed E-state index contributed by atoms with van der Waals surface area (Å²) in [5, 5.41) is 7.56. The highest BCUT2D eigenvalue weighted by Crippen LogP contribution is 2.19. The number of hydrogen-bond donors (Lipinski definition) is 1. The second-order valence-electron chi connectivity index (χ2n) is 8.67. The lowest BCUT2D eigenvalue weighted by Gasteiger charge is -2.36. The number of hydrogen-bond acceptors (Lipinski definition) is 6. The summed E-state index contributed by atoms with van der Waals surface area (Å²) < 4.78 is 6.49. The van der Waals surface area contributed by atoms with Crippen LogP contribution in [-0.4, -0.2) is 59.5 Å². The van der Waals surface area contributed by atoms with Crippen LogP contribution in [0.1, 0.15) is 30.5 Å². The van der Waals surface area contributed by atoms with Gasteiger partial charge in [0.2, 0.25) is 0 Å².